The molecule has 3 heterocycles. The van der Waals surface area contributed by atoms with Gasteiger partial charge in [-0.05, 0) is 37.3 Å². The van der Waals surface area contributed by atoms with E-state index in [0.717, 1.165) is 22.7 Å². The molecule has 1 amide bonds. The first-order valence-electron chi connectivity index (χ1n) is 9.03. The molecule has 1 aliphatic rings. The van der Waals surface area contributed by atoms with Gasteiger partial charge in [-0.15, -0.1) is 11.3 Å². The quantitative estimate of drug-likeness (QED) is 0.612. The Morgan fingerprint density at radius 2 is 1.76 bits per heavy atom. The summed E-state index contributed by atoms with van der Waals surface area (Å²) in [5.74, 6) is -0.195. The van der Waals surface area contributed by atoms with Gasteiger partial charge < -0.3 is 4.90 Å². The van der Waals surface area contributed by atoms with Crippen LogP contribution in [-0.2, 0) is 10.0 Å². The normalized spacial score (nSPS) is 15.6. The van der Waals surface area contributed by atoms with E-state index in [4.69, 9.17) is 11.6 Å². The number of aryl methyl sites for hydroxylation is 1. The molecule has 1 aromatic carbocycles. The van der Waals surface area contributed by atoms with E-state index in [0.29, 0.717) is 23.1 Å². The standard InChI is InChI=1S/C19H19ClN4O3S2/c1-14-13-16(21-24(14)15-5-3-2-4-6-15)19(25)22-9-11-23(12-10-22)29(26,27)18-8-7-17(20)28-18/h2-8,13H,9-12H2,1H3. The van der Waals surface area contributed by atoms with E-state index in [1.165, 1.54) is 10.4 Å². The second kappa shape index (κ2) is 7.91. The van der Waals surface area contributed by atoms with Crippen LogP contribution in [0.15, 0.2) is 52.7 Å². The van der Waals surface area contributed by atoms with Crippen LogP contribution >= 0.6 is 22.9 Å². The van der Waals surface area contributed by atoms with Crippen molar-refractivity contribution >= 4 is 38.9 Å². The molecule has 0 spiro atoms. The van der Waals surface area contributed by atoms with Gasteiger partial charge in [0.05, 0.1) is 10.0 Å². The van der Waals surface area contributed by atoms with Crippen LogP contribution in [0.4, 0.5) is 0 Å². The first-order chi connectivity index (χ1) is 13.9. The summed E-state index contributed by atoms with van der Waals surface area (Å²) in [7, 11) is -3.58. The van der Waals surface area contributed by atoms with Crippen LogP contribution < -0.4 is 0 Å². The number of hydrogen-bond donors (Lipinski definition) is 0. The van der Waals surface area contributed by atoms with Crippen LogP contribution in [0, 0.1) is 6.92 Å². The number of rotatable bonds is 4. The van der Waals surface area contributed by atoms with E-state index >= 15 is 0 Å². The maximum absolute atomic E-state index is 12.9. The molecule has 0 radical (unpaired) electrons. The lowest BCUT2D eigenvalue weighted by Crippen LogP contribution is -2.50. The molecule has 3 aromatic rings. The molecule has 29 heavy (non-hydrogen) atoms. The predicted octanol–water partition coefficient (Wildman–Crippen LogP) is 3.04. The summed E-state index contributed by atoms with van der Waals surface area (Å²) >= 11 is 6.91. The Kier molecular flexibility index (Phi) is 5.48. The summed E-state index contributed by atoms with van der Waals surface area (Å²) in [6.45, 7) is 3.00. The molecule has 0 aliphatic carbocycles. The van der Waals surface area contributed by atoms with Gasteiger partial charge in [0.15, 0.2) is 5.69 Å². The average Bonchev–Trinajstić information content (AvgIpc) is 3.34. The zero-order chi connectivity index (χ0) is 20.6. The van der Waals surface area contributed by atoms with Crippen molar-refractivity contribution in [2.75, 3.05) is 26.2 Å². The highest BCUT2D eigenvalue weighted by molar-refractivity contribution is 7.91. The minimum Gasteiger partial charge on any atom is -0.335 e. The molecule has 152 valence electrons. The molecule has 0 bridgehead atoms. The number of aromatic nitrogens is 2. The molecule has 0 saturated carbocycles. The highest BCUT2D eigenvalue weighted by Gasteiger charge is 2.32. The predicted molar refractivity (Wildman–Crippen MR) is 112 cm³/mol. The highest BCUT2D eigenvalue weighted by atomic mass is 35.5. The van der Waals surface area contributed by atoms with Gasteiger partial charge in [0.25, 0.3) is 15.9 Å². The second-order valence-electron chi connectivity index (χ2n) is 6.67. The van der Waals surface area contributed by atoms with Crippen molar-refractivity contribution in [1.29, 1.82) is 0 Å². The second-order valence-corrected chi connectivity index (χ2v) is 10.6. The molecular weight excluding hydrogens is 432 g/mol. The third-order valence-corrected chi connectivity index (χ3v) is 8.37. The fraction of sp³-hybridized carbons (Fsp3) is 0.263. The van der Waals surface area contributed by atoms with E-state index in [1.807, 2.05) is 37.3 Å². The van der Waals surface area contributed by atoms with Gasteiger partial charge in [-0.2, -0.15) is 9.40 Å². The van der Waals surface area contributed by atoms with E-state index in [1.54, 1.807) is 21.7 Å². The van der Waals surface area contributed by atoms with E-state index in [2.05, 4.69) is 5.10 Å². The summed E-state index contributed by atoms with van der Waals surface area (Å²) in [6.07, 6.45) is 0. The largest absolute Gasteiger partial charge is 0.335 e. The van der Waals surface area contributed by atoms with Crippen molar-refractivity contribution in [3.63, 3.8) is 0 Å². The lowest BCUT2D eigenvalue weighted by Gasteiger charge is -2.33. The number of benzene rings is 1. The number of hydrogen-bond acceptors (Lipinski definition) is 5. The Bertz CT molecular complexity index is 1130. The zero-order valence-electron chi connectivity index (χ0n) is 15.7. The number of carbonyl (C=O) groups excluding carboxylic acids is 1. The monoisotopic (exact) mass is 450 g/mol. The minimum atomic E-state index is -3.58. The number of thiophene rings is 1. The lowest BCUT2D eigenvalue weighted by atomic mass is 10.3. The van der Waals surface area contributed by atoms with Crippen molar-refractivity contribution in [3.05, 3.63) is 64.3 Å². The Balaban J connectivity index is 1.46. The summed E-state index contributed by atoms with van der Waals surface area (Å²) in [5, 5.41) is 4.45. The van der Waals surface area contributed by atoms with Crippen molar-refractivity contribution in [2.45, 2.75) is 11.1 Å². The van der Waals surface area contributed by atoms with Crippen LogP contribution in [0.5, 0.6) is 0 Å². The molecular formula is C19H19ClN4O3S2. The Labute approximate surface area is 178 Å². The topological polar surface area (TPSA) is 75.5 Å². The summed E-state index contributed by atoms with van der Waals surface area (Å²) in [4.78, 5) is 14.5. The number of halogens is 1. The molecule has 10 heteroatoms. The van der Waals surface area contributed by atoms with Crippen LogP contribution in [0.3, 0.4) is 0 Å². The van der Waals surface area contributed by atoms with Crippen LogP contribution in [0.25, 0.3) is 5.69 Å². The van der Waals surface area contributed by atoms with E-state index in [9.17, 15) is 13.2 Å². The molecule has 1 saturated heterocycles. The van der Waals surface area contributed by atoms with Crippen molar-refractivity contribution in [3.8, 4) is 5.69 Å². The number of carbonyl (C=O) groups is 1. The first kappa shape index (κ1) is 20.1. The number of amides is 1. The van der Waals surface area contributed by atoms with Gasteiger partial charge in [0.1, 0.15) is 4.21 Å². The Hall–Kier alpha value is -2.20. The maximum Gasteiger partial charge on any atom is 0.274 e. The van der Waals surface area contributed by atoms with Gasteiger partial charge in [-0.1, -0.05) is 29.8 Å². The minimum absolute atomic E-state index is 0.195. The molecule has 1 fully saturated rings. The van der Waals surface area contributed by atoms with Crippen LogP contribution in [0.1, 0.15) is 16.2 Å². The molecule has 2 aromatic heterocycles. The molecule has 0 unspecified atom stereocenters. The highest BCUT2D eigenvalue weighted by Crippen LogP contribution is 2.28. The number of para-hydroxylation sites is 1. The summed E-state index contributed by atoms with van der Waals surface area (Å²) < 4.78 is 29.2. The third-order valence-electron chi connectivity index (χ3n) is 4.78. The fourth-order valence-corrected chi connectivity index (χ4v) is 6.33. The Morgan fingerprint density at radius 1 is 1.07 bits per heavy atom. The van der Waals surface area contributed by atoms with Crippen molar-refractivity contribution in [2.24, 2.45) is 0 Å². The third kappa shape index (κ3) is 3.95. The van der Waals surface area contributed by atoms with Crippen LogP contribution in [-0.4, -0.2) is 59.5 Å². The SMILES string of the molecule is Cc1cc(C(=O)N2CCN(S(=O)(=O)c3ccc(Cl)s3)CC2)nn1-c1ccccc1. The summed E-state index contributed by atoms with van der Waals surface area (Å²) in [6, 6.07) is 14.4. The number of piperazine rings is 1. The van der Waals surface area contributed by atoms with Crippen molar-refractivity contribution in [1.82, 2.24) is 19.0 Å². The van der Waals surface area contributed by atoms with Gasteiger partial charge >= 0.3 is 0 Å². The van der Waals surface area contributed by atoms with Gasteiger partial charge in [-0.3, -0.25) is 4.79 Å². The van der Waals surface area contributed by atoms with Gasteiger partial charge in [-0.25, -0.2) is 13.1 Å². The number of nitrogens with zero attached hydrogens (tertiary/aromatic N) is 4. The fourth-order valence-electron chi connectivity index (χ4n) is 3.27. The van der Waals surface area contributed by atoms with E-state index < -0.39 is 10.0 Å². The van der Waals surface area contributed by atoms with Gasteiger partial charge in [0.2, 0.25) is 0 Å². The molecule has 7 nitrogen and oxygen atoms in total. The number of sulfonamides is 1. The zero-order valence-corrected chi connectivity index (χ0v) is 18.0. The van der Waals surface area contributed by atoms with Gasteiger partial charge in [0, 0.05) is 31.9 Å². The molecule has 4 rings (SSSR count). The molecule has 0 atom stereocenters. The first-order valence-corrected chi connectivity index (χ1v) is 11.7. The maximum atomic E-state index is 12.9. The summed E-state index contributed by atoms with van der Waals surface area (Å²) in [5.41, 5.74) is 2.10. The van der Waals surface area contributed by atoms with E-state index in [-0.39, 0.29) is 23.2 Å². The Morgan fingerprint density at radius 3 is 2.38 bits per heavy atom. The average molecular weight is 451 g/mol. The lowest BCUT2D eigenvalue weighted by molar-refractivity contribution is 0.0691. The smallest absolute Gasteiger partial charge is 0.274 e. The van der Waals surface area contributed by atoms with Crippen LogP contribution in [0.2, 0.25) is 4.34 Å². The molecule has 0 N–H and O–H groups in total. The molecule has 1 aliphatic heterocycles. The van der Waals surface area contributed by atoms with Crippen molar-refractivity contribution < 1.29 is 13.2 Å².